The van der Waals surface area contributed by atoms with Gasteiger partial charge in [0.1, 0.15) is 16.5 Å². The number of carbonyl (C=O) groups excluding carboxylic acids is 1. The van der Waals surface area contributed by atoms with Crippen LogP contribution in [-0.4, -0.2) is 46.3 Å². The molecule has 1 aromatic heterocycles. The second-order valence-electron chi connectivity index (χ2n) is 7.60. The number of aromatic nitrogens is 3. The van der Waals surface area contributed by atoms with Crippen LogP contribution >= 0.6 is 11.8 Å². The smallest absolute Gasteiger partial charge is 0.497 e. The van der Waals surface area contributed by atoms with Crippen molar-refractivity contribution in [2.24, 2.45) is 0 Å². The van der Waals surface area contributed by atoms with Crippen molar-refractivity contribution in [2.45, 2.75) is 42.9 Å². The first-order valence-corrected chi connectivity index (χ1v) is 11.4. The molecule has 0 aliphatic heterocycles. The lowest BCUT2D eigenvalue weighted by Crippen LogP contribution is -2.17. The van der Waals surface area contributed by atoms with E-state index in [-0.39, 0.29) is 23.3 Å². The van der Waals surface area contributed by atoms with Gasteiger partial charge in [0.25, 0.3) is 0 Å². The van der Waals surface area contributed by atoms with Gasteiger partial charge in [-0.3, -0.25) is 0 Å². The Morgan fingerprint density at radius 1 is 1.12 bits per heavy atom. The number of fused-ring (bicyclic) bond motifs is 1. The Bertz CT molecular complexity index is 1170. The lowest BCUT2D eigenvalue weighted by atomic mass is 10.1. The Labute approximate surface area is 198 Å². The van der Waals surface area contributed by atoms with E-state index >= 15 is 0 Å². The summed E-state index contributed by atoms with van der Waals surface area (Å²) in [6.07, 6.45) is -3.59. The number of esters is 1. The van der Waals surface area contributed by atoms with Crippen molar-refractivity contribution < 1.29 is 32.2 Å². The van der Waals surface area contributed by atoms with Crippen LogP contribution in [0.2, 0.25) is 0 Å². The zero-order valence-electron chi connectivity index (χ0n) is 18.5. The molecule has 1 unspecified atom stereocenters. The van der Waals surface area contributed by atoms with Gasteiger partial charge in [-0.05, 0) is 60.7 Å². The second kappa shape index (κ2) is 9.96. The number of thioether (sulfide) groups is 1. The molecule has 180 valence electrons. The molecular formula is C23H22F3N3O4S. The number of rotatable bonds is 8. The zero-order chi connectivity index (χ0) is 24.3. The lowest BCUT2D eigenvalue weighted by Gasteiger charge is -2.12. The average Bonchev–Trinajstić information content (AvgIpc) is 3.37. The topological polar surface area (TPSA) is 75.5 Å². The average molecular weight is 494 g/mol. The van der Waals surface area contributed by atoms with Gasteiger partial charge >= 0.3 is 12.3 Å². The fourth-order valence-corrected chi connectivity index (χ4v) is 5.05. The largest absolute Gasteiger partial charge is 0.573 e. The summed E-state index contributed by atoms with van der Waals surface area (Å²) < 4.78 is 53.7. The Kier molecular flexibility index (Phi) is 7.01. The molecule has 0 spiro atoms. The molecule has 7 nitrogen and oxygen atoms in total. The molecule has 0 saturated carbocycles. The van der Waals surface area contributed by atoms with Crippen LogP contribution in [0.25, 0.3) is 0 Å². The highest BCUT2D eigenvalue weighted by atomic mass is 32.2. The fourth-order valence-electron chi connectivity index (χ4n) is 3.75. The van der Waals surface area contributed by atoms with E-state index < -0.39 is 12.3 Å². The van der Waals surface area contributed by atoms with E-state index in [9.17, 15) is 18.0 Å². The minimum absolute atomic E-state index is 0.0163. The number of alkyl halides is 3. The number of carbonyl (C=O) groups is 1. The molecule has 1 atom stereocenters. The maximum atomic E-state index is 12.6. The fraction of sp³-hybridized carbons (Fsp3) is 0.348. The van der Waals surface area contributed by atoms with Crippen molar-refractivity contribution in [3.05, 3.63) is 64.8 Å². The third-order valence-electron chi connectivity index (χ3n) is 5.23. The SMILES string of the molecule is CCOC(=O)c1nnn(Cc2ccc(OC)cc2)c1SC1Cc2ccc(OC(F)(F)F)cc2C1. The maximum absolute atomic E-state index is 12.6. The Morgan fingerprint density at radius 2 is 1.82 bits per heavy atom. The van der Waals surface area contributed by atoms with Crippen molar-refractivity contribution >= 4 is 17.7 Å². The molecule has 1 aliphatic carbocycles. The molecule has 0 N–H and O–H groups in total. The maximum Gasteiger partial charge on any atom is 0.573 e. The van der Waals surface area contributed by atoms with Crippen LogP contribution in [0.3, 0.4) is 0 Å². The molecule has 11 heteroatoms. The molecule has 1 aliphatic rings. The van der Waals surface area contributed by atoms with Crippen molar-refractivity contribution in [3.63, 3.8) is 0 Å². The van der Waals surface area contributed by atoms with Crippen LogP contribution in [0.5, 0.6) is 11.5 Å². The Balaban J connectivity index is 1.55. The van der Waals surface area contributed by atoms with E-state index in [1.165, 1.54) is 23.9 Å². The molecule has 4 rings (SSSR count). The number of hydrogen-bond acceptors (Lipinski definition) is 7. The minimum Gasteiger partial charge on any atom is -0.497 e. The van der Waals surface area contributed by atoms with Crippen molar-refractivity contribution in [1.29, 1.82) is 0 Å². The van der Waals surface area contributed by atoms with Crippen molar-refractivity contribution in [2.75, 3.05) is 13.7 Å². The molecule has 0 bridgehead atoms. The molecule has 2 aromatic carbocycles. The van der Waals surface area contributed by atoms with Crippen LogP contribution in [0, 0.1) is 0 Å². The summed E-state index contributed by atoms with van der Waals surface area (Å²) >= 11 is 1.42. The third kappa shape index (κ3) is 5.64. The van der Waals surface area contributed by atoms with E-state index in [0.717, 1.165) is 22.4 Å². The molecule has 0 amide bonds. The highest BCUT2D eigenvalue weighted by Crippen LogP contribution is 2.38. The normalized spacial score (nSPS) is 15.1. The van der Waals surface area contributed by atoms with Gasteiger partial charge < -0.3 is 14.2 Å². The third-order valence-corrected chi connectivity index (χ3v) is 6.53. The summed E-state index contributed by atoms with van der Waals surface area (Å²) in [6, 6.07) is 11.8. The van der Waals surface area contributed by atoms with Gasteiger partial charge in [0.05, 0.1) is 20.3 Å². The Morgan fingerprint density at radius 3 is 2.50 bits per heavy atom. The van der Waals surface area contributed by atoms with Gasteiger partial charge in [-0.25, -0.2) is 9.48 Å². The summed E-state index contributed by atoms with van der Waals surface area (Å²) in [5.74, 6) is -0.0839. The molecule has 0 fully saturated rings. The standard InChI is InChI=1S/C23H22F3N3O4S/c1-3-32-22(30)20-21(29(28-27-20)13-14-4-7-17(31-2)8-5-14)34-19-11-15-6-9-18(10-16(15)12-19)33-23(24,25)26/h4-10,19H,3,11-13H2,1-2H3. The predicted octanol–water partition coefficient (Wildman–Crippen LogP) is 4.67. The van der Waals surface area contributed by atoms with Crippen molar-refractivity contribution in [3.8, 4) is 11.5 Å². The molecule has 0 radical (unpaired) electrons. The van der Waals surface area contributed by atoms with Crippen LogP contribution in [-0.2, 0) is 24.1 Å². The van der Waals surface area contributed by atoms with Gasteiger partial charge in [0.15, 0.2) is 0 Å². The van der Waals surface area contributed by atoms with Crippen LogP contribution in [0.1, 0.15) is 34.1 Å². The quantitative estimate of drug-likeness (QED) is 0.422. The summed E-state index contributed by atoms with van der Waals surface area (Å²) in [5.41, 5.74) is 2.79. The van der Waals surface area contributed by atoms with Gasteiger partial charge in [-0.1, -0.05) is 23.4 Å². The number of methoxy groups -OCH3 is 1. The minimum atomic E-state index is -4.74. The first kappa shape index (κ1) is 23.9. The van der Waals surface area contributed by atoms with E-state index in [1.807, 2.05) is 24.3 Å². The van der Waals surface area contributed by atoms with Gasteiger partial charge in [0, 0.05) is 5.25 Å². The number of halogens is 3. The van der Waals surface area contributed by atoms with E-state index in [0.29, 0.717) is 24.4 Å². The number of nitrogens with zero attached hydrogens (tertiary/aromatic N) is 3. The molecular weight excluding hydrogens is 471 g/mol. The number of benzene rings is 2. The molecule has 1 heterocycles. The van der Waals surface area contributed by atoms with Crippen LogP contribution in [0.15, 0.2) is 47.5 Å². The number of ether oxygens (including phenoxy) is 3. The van der Waals surface area contributed by atoms with Crippen LogP contribution in [0.4, 0.5) is 13.2 Å². The highest BCUT2D eigenvalue weighted by Gasteiger charge is 2.33. The first-order valence-electron chi connectivity index (χ1n) is 10.5. The second-order valence-corrected chi connectivity index (χ2v) is 8.88. The monoisotopic (exact) mass is 493 g/mol. The highest BCUT2D eigenvalue weighted by molar-refractivity contribution is 8.00. The van der Waals surface area contributed by atoms with Crippen LogP contribution < -0.4 is 9.47 Å². The lowest BCUT2D eigenvalue weighted by molar-refractivity contribution is -0.274. The summed E-state index contributed by atoms with van der Waals surface area (Å²) in [4.78, 5) is 12.5. The predicted molar refractivity (Wildman–Crippen MR) is 118 cm³/mol. The van der Waals surface area contributed by atoms with Gasteiger partial charge in [-0.15, -0.1) is 30.0 Å². The van der Waals surface area contributed by atoms with Gasteiger partial charge in [-0.2, -0.15) is 0 Å². The van der Waals surface area contributed by atoms with Crippen molar-refractivity contribution in [1.82, 2.24) is 15.0 Å². The van der Waals surface area contributed by atoms with E-state index in [4.69, 9.17) is 9.47 Å². The van der Waals surface area contributed by atoms with E-state index in [1.54, 1.807) is 24.8 Å². The Hall–Kier alpha value is -3.21. The summed E-state index contributed by atoms with van der Waals surface area (Å²) in [6.45, 7) is 2.29. The zero-order valence-corrected chi connectivity index (χ0v) is 19.3. The van der Waals surface area contributed by atoms with Gasteiger partial charge in [0.2, 0.25) is 5.69 Å². The first-order chi connectivity index (χ1) is 16.3. The summed E-state index contributed by atoms with van der Waals surface area (Å²) in [5, 5.41) is 8.77. The summed E-state index contributed by atoms with van der Waals surface area (Å²) in [7, 11) is 1.59. The number of hydrogen-bond donors (Lipinski definition) is 0. The molecule has 3 aromatic rings. The molecule has 34 heavy (non-hydrogen) atoms. The van der Waals surface area contributed by atoms with E-state index in [2.05, 4.69) is 15.0 Å². The molecule has 0 saturated heterocycles.